The first kappa shape index (κ1) is 14.7. The predicted molar refractivity (Wildman–Crippen MR) is 78.7 cm³/mol. The highest BCUT2D eigenvalue weighted by Crippen LogP contribution is 2.34. The summed E-state index contributed by atoms with van der Waals surface area (Å²) in [7, 11) is 1.56. The monoisotopic (exact) mass is 278 g/mol. The van der Waals surface area contributed by atoms with Crippen LogP contribution in [0.4, 0.5) is 11.4 Å². The van der Waals surface area contributed by atoms with Crippen LogP contribution in [0.1, 0.15) is 20.8 Å². The second kappa shape index (κ2) is 5.71. The summed E-state index contributed by atoms with van der Waals surface area (Å²) in [6.45, 7) is 5.96. The molecular formula is C15H22N2O3. The van der Waals surface area contributed by atoms with Crippen LogP contribution in [0.3, 0.4) is 0 Å². The number of nitrogen functional groups attached to an aromatic ring is 1. The van der Waals surface area contributed by atoms with Gasteiger partial charge >= 0.3 is 0 Å². The van der Waals surface area contributed by atoms with Gasteiger partial charge in [0, 0.05) is 5.69 Å². The lowest BCUT2D eigenvalue weighted by Crippen LogP contribution is -2.32. The Morgan fingerprint density at radius 1 is 1.30 bits per heavy atom. The molecule has 0 bridgehead atoms. The first-order chi connectivity index (χ1) is 9.43. The van der Waals surface area contributed by atoms with Crippen molar-refractivity contribution in [1.29, 1.82) is 0 Å². The van der Waals surface area contributed by atoms with Gasteiger partial charge in [0.1, 0.15) is 5.75 Å². The van der Waals surface area contributed by atoms with Gasteiger partial charge in [0.25, 0.3) is 0 Å². The molecule has 1 saturated heterocycles. The van der Waals surface area contributed by atoms with Gasteiger partial charge in [-0.2, -0.15) is 0 Å². The van der Waals surface area contributed by atoms with Crippen LogP contribution in [0.2, 0.25) is 0 Å². The van der Waals surface area contributed by atoms with Crippen molar-refractivity contribution in [1.82, 2.24) is 0 Å². The zero-order valence-corrected chi connectivity index (χ0v) is 12.3. The first-order valence-electron chi connectivity index (χ1n) is 6.84. The predicted octanol–water partition coefficient (Wildman–Crippen LogP) is 2.28. The van der Waals surface area contributed by atoms with Crippen molar-refractivity contribution in [3.63, 3.8) is 0 Å². The zero-order valence-electron chi connectivity index (χ0n) is 12.3. The fourth-order valence-electron chi connectivity index (χ4n) is 2.76. The van der Waals surface area contributed by atoms with E-state index in [2.05, 4.69) is 5.32 Å². The fraction of sp³-hybridized carbons (Fsp3) is 0.533. The molecule has 3 N–H and O–H groups in total. The highest BCUT2D eigenvalue weighted by Gasteiger charge is 2.41. The van der Waals surface area contributed by atoms with Crippen molar-refractivity contribution in [2.75, 3.05) is 18.2 Å². The first-order valence-corrected chi connectivity index (χ1v) is 6.84. The third-order valence-corrected chi connectivity index (χ3v) is 4.03. The number of amides is 1. The summed E-state index contributed by atoms with van der Waals surface area (Å²) in [4.78, 5) is 12.5. The molecule has 1 aliphatic rings. The fourth-order valence-corrected chi connectivity index (χ4v) is 2.76. The largest absolute Gasteiger partial charge is 0.495 e. The average Bonchev–Trinajstić information content (AvgIpc) is 2.63. The Morgan fingerprint density at radius 3 is 2.55 bits per heavy atom. The number of methoxy groups -OCH3 is 1. The van der Waals surface area contributed by atoms with Crippen molar-refractivity contribution in [3.05, 3.63) is 18.2 Å². The van der Waals surface area contributed by atoms with E-state index in [1.165, 1.54) is 0 Å². The molecular weight excluding hydrogens is 256 g/mol. The van der Waals surface area contributed by atoms with E-state index < -0.39 is 0 Å². The molecule has 1 aromatic rings. The summed E-state index contributed by atoms with van der Waals surface area (Å²) in [5, 5.41) is 2.90. The van der Waals surface area contributed by atoms with Crippen LogP contribution in [0.25, 0.3) is 0 Å². The second-order valence-corrected chi connectivity index (χ2v) is 5.38. The third-order valence-electron chi connectivity index (χ3n) is 4.03. The van der Waals surface area contributed by atoms with Crippen LogP contribution in [-0.4, -0.2) is 25.2 Å². The number of carbonyl (C=O) groups excluding carboxylic acids is 1. The molecule has 0 spiro atoms. The maximum Gasteiger partial charge on any atom is 0.230 e. The van der Waals surface area contributed by atoms with E-state index in [0.29, 0.717) is 17.1 Å². The van der Waals surface area contributed by atoms with E-state index in [0.717, 1.165) is 0 Å². The molecule has 1 amide bonds. The number of hydrogen-bond acceptors (Lipinski definition) is 4. The molecule has 1 fully saturated rings. The SMILES string of the molecule is COc1ccc(N)cc1NC(=O)C1C(C)OC(C)C1C. The minimum Gasteiger partial charge on any atom is -0.495 e. The Bertz CT molecular complexity index is 504. The van der Waals surface area contributed by atoms with Crippen molar-refractivity contribution in [2.24, 2.45) is 11.8 Å². The third kappa shape index (κ3) is 2.72. The van der Waals surface area contributed by atoms with Gasteiger partial charge in [-0.3, -0.25) is 4.79 Å². The topological polar surface area (TPSA) is 73.6 Å². The highest BCUT2D eigenvalue weighted by molar-refractivity contribution is 5.95. The van der Waals surface area contributed by atoms with Gasteiger partial charge in [-0.05, 0) is 38.0 Å². The summed E-state index contributed by atoms with van der Waals surface area (Å²) in [6, 6.07) is 5.18. The smallest absolute Gasteiger partial charge is 0.230 e. The number of rotatable bonds is 3. The number of carbonyl (C=O) groups is 1. The molecule has 0 radical (unpaired) electrons. The molecule has 0 aromatic heterocycles. The highest BCUT2D eigenvalue weighted by atomic mass is 16.5. The maximum absolute atomic E-state index is 12.5. The van der Waals surface area contributed by atoms with Crippen LogP contribution in [0.15, 0.2) is 18.2 Å². The lowest BCUT2D eigenvalue weighted by Gasteiger charge is -2.19. The molecule has 1 heterocycles. The average molecular weight is 278 g/mol. The van der Waals surface area contributed by atoms with Gasteiger partial charge in [-0.25, -0.2) is 0 Å². The van der Waals surface area contributed by atoms with Crippen molar-refractivity contribution in [3.8, 4) is 5.75 Å². The quantitative estimate of drug-likeness (QED) is 0.832. The Hall–Kier alpha value is -1.75. The van der Waals surface area contributed by atoms with Crippen molar-refractivity contribution < 1.29 is 14.3 Å². The molecule has 5 nitrogen and oxygen atoms in total. The van der Waals surface area contributed by atoms with Gasteiger partial charge in [0.2, 0.25) is 5.91 Å². The molecule has 0 saturated carbocycles. The Morgan fingerprint density at radius 2 is 2.00 bits per heavy atom. The van der Waals surface area contributed by atoms with E-state index in [4.69, 9.17) is 15.2 Å². The summed E-state index contributed by atoms with van der Waals surface area (Å²) in [5.74, 6) is 0.547. The number of benzene rings is 1. The summed E-state index contributed by atoms with van der Waals surface area (Å²) in [6.07, 6.45) is -0.00413. The van der Waals surface area contributed by atoms with E-state index in [1.807, 2.05) is 20.8 Å². The zero-order chi connectivity index (χ0) is 14.9. The number of nitrogens with one attached hydrogen (secondary N) is 1. The summed E-state index contributed by atoms with van der Waals surface area (Å²) < 4.78 is 10.9. The molecule has 110 valence electrons. The lowest BCUT2D eigenvalue weighted by molar-refractivity contribution is -0.121. The Kier molecular flexibility index (Phi) is 4.18. The molecule has 20 heavy (non-hydrogen) atoms. The number of anilines is 2. The van der Waals surface area contributed by atoms with Crippen molar-refractivity contribution >= 4 is 17.3 Å². The van der Waals surface area contributed by atoms with E-state index in [1.54, 1.807) is 25.3 Å². The second-order valence-electron chi connectivity index (χ2n) is 5.38. The molecule has 2 rings (SSSR count). The van der Waals surface area contributed by atoms with Crippen LogP contribution in [0, 0.1) is 11.8 Å². The normalized spacial score (nSPS) is 29.2. The van der Waals surface area contributed by atoms with Crippen molar-refractivity contribution in [2.45, 2.75) is 33.0 Å². The van der Waals surface area contributed by atoms with E-state index >= 15 is 0 Å². The van der Waals surface area contributed by atoms with Gasteiger partial charge < -0.3 is 20.5 Å². The molecule has 1 aliphatic heterocycles. The van der Waals surface area contributed by atoms with Gasteiger partial charge in [-0.1, -0.05) is 6.92 Å². The van der Waals surface area contributed by atoms with E-state index in [9.17, 15) is 4.79 Å². The minimum atomic E-state index is -0.170. The lowest BCUT2D eigenvalue weighted by atomic mass is 9.89. The number of hydrogen-bond donors (Lipinski definition) is 2. The minimum absolute atomic E-state index is 0.0572. The summed E-state index contributed by atoms with van der Waals surface area (Å²) >= 11 is 0. The van der Waals surface area contributed by atoms with Crippen LogP contribution >= 0.6 is 0 Å². The Labute approximate surface area is 119 Å². The number of ether oxygens (including phenoxy) is 2. The Balaban J connectivity index is 2.18. The van der Waals surface area contributed by atoms with Crippen LogP contribution in [0.5, 0.6) is 5.75 Å². The summed E-state index contributed by atoms with van der Waals surface area (Å²) in [5.41, 5.74) is 6.93. The molecule has 4 atom stereocenters. The molecule has 0 aliphatic carbocycles. The van der Waals surface area contributed by atoms with Gasteiger partial charge in [-0.15, -0.1) is 0 Å². The molecule has 1 aromatic carbocycles. The molecule has 4 unspecified atom stereocenters. The van der Waals surface area contributed by atoms with Crippen LogP contribution in [-0.2, 0) is 9.53 Å². The standard InChI is InChI=1S/C15H22N2O3/c1-8-9(2)20-10(3)14(8)15(18)17-12-7-11(16)5-6-13(12)19-4/h5-10,14H,16H2,1-4H3,(H,17,18). The van der Waals surface area contributed by atoms with Gasteiger partial charge in [0.05, 0.1) is 30.9 Å². The maximum atomic E-state index is 12.5. The van der Waals surface area contributed by atoms with Gasteiger partial charge in [0.15, 0.2) is 0 Å². The van der Waals surface area contributed by atoms with Crippen LogP contribution < -0.4 is 15.8 Å². The van der Waals surface area contributed by atoms with E-state index in [-0.39, 0.29) is 30.0 Å². The molecule has 5 heteroatoms. The number of nitrogens with two attached hydrogens (primary N) is 1.